The molecule has 3 N–H and O–H groups in total. The van der Waals surface area contributed by atoms with Gasteiger partial charge in [0.25, 0.3) is 5.91 Å². The Morgan fingerprint density at radius 1 is 1.07 bits per heavy atom. The van der Waals surface area contributed by atoms with Crippen molar-refractivity contribution in [3.05, 3.63) is 66.0 Å². The lowest BCUT2D eigenvalue weighted by Crippen LogP contribution is -2.44. The second kappa shape index (κ2) is 7.89. The van der Waals surface area contributed by atoms with E-state index in [1.807, 2.05) is 30.3 Å². The molecular formula is C19H17N7O3. The Bertz CT molecular complexity index is 1060. The molecule has 3 amide bonds. The van der Waals surface area contributed by atoms with Crippen LogP contribution in [0.25, 0.3) is 5.69 Å². The van der Waals surface area contributed by atoms with Gasteiger partial charge in [0.05, 0.1) is 29.9 Å². The predicted molar refractivity (Wildman–Crippen MR) is 102 cm³/mol. The number of nitrogens with one attached hydrogen (secondary N) is 3. The van der Waals surface area contributed by atoms with Crippen molar-refractivity contribution in [2.24, 2.45) is 0 Å². The van der Waals surface area contributed by atoms with E-state index in [0.29, 0.717) is 17.1 Å². The minimum absolute atomic E-state index is 0.0727. The number of amides is 3. The zero-order chi connectivity index (χ0) is 20.2. The first kappa shape index (κ1) is 18.3. The monoisotopic (exact) mass is 391 g/mol. The molecular weight excluding hydrogens is 374 g/mol. The van der Waals surface area contributed by atoms with E-state index in [9.17, 15) is 14.4 Å². The van der Waals surface area contributed by atoms with E-state index in [-0.39, 0.29) is 13.0 Å². The van der Waals surface area contributed by atoms with Crippen LogP contribution in [0.4, 0.5) is 5.69 Å². The summed E-state index contributed by atoms with van der Waals surface area (Å²) in [6, 6.07) is 14.9. The second-order valence-electron chi connectivity index (χ2n) is 6.38. The van der Waals surface area contributed by atoms with Crippen LogP contribution in [0.5, 0.6) is 0 Å². The van der Waals surface area contributed by atoms with Gasteiger partial charge in [0.15, 0.2) is 5.82 Å². The van der Waals surface area contributed by atoms with Gasteiger partial charge in [0.1, 0.15) is 6.04 Å². The Morgan fingerprint density at radius 2 is 1.83 bits per heavy atom. The summed E-state index contributed by atoms with van der Waals surface area (Å²) in [5.41, 5.74) is 1.53. The van der Waals surface area contributed by atoms with E-state index in [1.165, 1.54) is 4.68 Å². The van der Waals surface area contributed by atoms with Gasteiger partial charge in [-0.3, -0.25) is 14.4 Å². The summed E-state index contributed by atoms with van der Waals surface area (Å²) in [5.74, 6) is -0.845. The fourth-order valence-electron chi connectivity index (χ4n) is 2.98. The molecule has 10 heteroatoms. The highest BCUT2D eigenvalue weighted by atomic mass is 16.2. The summed E-state index contributed by atoms with van der Waals surface area (Å²) < 4.78 is 1.51. The smallest absolute Gasteiger partial charge is 0.254 e. The minimum atomic E-state index is -0.986. The third-order valence-electron chi connectivity index (χ3n) is 4.42. The van der Waals surface area contributed by atoms with Gasteiger partial charge < -0.3 is 16.0 Å². The highest BCUT2D eigenvalue weighted by Gasteiger charge is 2.29. The molecule has 10 nitrogen and oxygen atoms in total. The average molecular weight is 391 g/mol. The number of nitrogens with zero attached hydrogens (tertiary/aromatic N) is 4. The van der Waals surface area contributed by atoms with Crippen molar-refractivity contribution in [2.75, 3.05) is 5.32 Å². The van der Waals surface area contributed by atoms with Gasteiger partial charge in [-0.05, 0) is 34.7 Å². The van der Waals surface area contributed by atoms with Gasteiger partial charge in [-0.1, -0.05) is 30.3 Å². The van der Waals surface area contributed by atoms with Crippen LogP contribution < -0.4 is 16.0 Å². The summed E-state index contributed by atoms with van der Waals surface area (Å²) in [4.78, 5) is 37.1. The molecule has 1 aromatic heterocycles. The summed E-state index contributed by atoms with van der Waals surface area (Å²) in [7, 11) is 0. The largest absolute Gasteiger partial charge is 0.349 e. The lowest BCUT2D eigenvalue weighted by molar-refractivity contribution is -0.125. The summed E-state index contributed by atoms with van der Waals surface area (Å²) in [6.07, 6.45) is -0.210. The van der Waals surface area contributed by atoms with Crippen LogP contribution in [0.3, 0.4) is 0 Å². The van der Waals surface area contributed by atoms with Gasteiger partial charge in [-0.15, -0.1) is 5.10 Å². The van der Waals surface area contributed by atoms with Crippen LogP contribution in [0.15, 0.2) is 54.6 Å². The quantitative estimate of drug-likeness (QED) is 0.578. The summed E-state index contributed by atoms with van der Waals surface area (Å²) >= 11 is 0. The Morgan fingerprint density at radius 3 is 2.66 bits per heavy atom. The third-order valence-corrected chi connectivity index (χ3v) is 4.42. The molecule has 4 rings (SSSR count). The van der Waals surface area contributed by atoms with Crippen LogP contribution in [0, 0.1) is 0 Å². The van der Waals surface area contributed by atoms with Crippen LogP contribution in [-0.2, 0) is 16.1 Å². The molecule has 1 aliphatic heterocycles. The zero-order valence-electron chi connectivity index (χ0n) is 15.2. The van der Waals surface area contributed by atoms with Crippen molar-refractivity contribution in [1.29, 1.82) is 0 Å². The van der Waals surface area contributed by atoms with Crippen molar-refractivity contribution < 1.29 is 14.4 Å². The van der Waals surface area contributed by atoms with Crippen molar-refractivity contribution in [3.8, 4) is 5.69 Å². The second-order valence-corrected chi connectivity index (χ2v) is 6.38. The number of tetrazole rings is 1. The molecule has 0 bridgehead atoms. The molecule has 2 aromatic carbocycles. The molecule has 29 heavy (non-hydrogen) atoms. The molecule has 3 aromatic rings. The third kappa shape index (κ3) is 3.95. The molecule has 146 valence electrons. The van der Waals surface area contributed by atoms with Crippen molar-refractivity contribution in [1.82, 2.24) is 30.8 Å². The highest BCUT2D eigenvalue weighted by Crippen LogP contribution is 2.18. The molecule has 0 spiro atoms. The average Bonchev–Trinajstić information content (AvgIpc) is 3.17. The molecule has 0 saturated carbocycles. The fraction of sp³-hybridized carbons (Fsp3) is 0.158. The summed E-state index contributed by atoms with van der Waals surface area (Å²) in [5, 5.41) is 19.4. The van der Waals surface area contributed by atoms with E-state index < -0.39 is 23.8 Å². The number of anilines is 1. The van der Waals surface area contributed by atoms with E-state index in [0.717, 1.165) is 5.69 Å². The number of para-hydroxylation sites is 2. The first-order chi connectivity index (χ1) is 14.1. The zero-order valence-corrected chi connectivity index (χ0v) is 15.2. The standard InChI is InChI=1S/C19H17N7O3/c27-17(20-11-16-23-24-25-26(16)12-6-2-1-3-7-12)10-15-19(29)21-14-9-5-4-8-13(14)18(28)22-15/h1-9,15H,10-11H2,(H,20,27)(H,21,29)(H,22,28)/t15-/m0/s1. The van der Waals surface area contributed by atoms with Gasteiger partial charge >= 0.3 is 0 Å². The van der Waals surface area contributed by atoms with Gasteiger partial charge in [0.2, 0.25) is 11.8 Å². The Kier molecular flexibility index (Phi) is 4.97. The number of carbonyl (C=O) groups is 3. The topological polar surface area (TPSA) is 131 Å². The van der Waals surface area contributed by atoms with Crippen LogP contribution >= 0.6 is 0 Å². The normalized spacial score (nSPS) is 15.7. The maximum Gasteiger partial charge on any atom is 0.254 e. The number of benzene rings is 2. The fourth-order valence-corrected chi connectivity index (χ4v) is 2.98. The molecule has 1 aliphatic rings. The van der Waals surface area contributed by atoms with Gasteiger partial charge in [-0.25, -0.2) is 0 Å². The molecule has 0 fully saturated rings. The van der Waals surface area contributed by atoms with Crippen LogP contribution in [0.2, 0.25) is 0 Å². The van der Waals surface area contributed by atoms with E-state index in [1.54, 1.807) is 24.3 Å². The van der Waals surface area contributed by atoms with E-state index >= 15 is 0 Å². The number of fused-ring (bicyclic) bond motifs is 1. The minimum Gasteiger partial charge on any atom is -0.349 e. The maximum atomic E-state index is 12.4. The highest BCUT2D eigenvalue weighted by molar-refractivity contribution is 6.10. The van der Waals surface area contributed by atoms with E-state index in [4.69, 9.17) is 0 Å². The number of carbonyl (C=O) groups excluding carboxylic acids is 3. The van der Waals surface area contributed by atoms with Crippen LogP contribution in [-0.4, -0.2) is 44.0 Å². The maximum absolute atomic E-state index is 12.4. The number of aromatic nitrogens is 4. The molecule has 0 aliphatic carbocycles. The van der Waals surface area contributed by atoms with Crippen molar-refractivity contribution >= 4 is 23.4 Å². The lowest BCUT2D eigenvalue weighted by atomic mass is 10.1. The molecule has 0 saturated heterocycles. The van der Waals surface area contributed by atoms with Crippen LogP contribution in [0.1, 0.15) is 22.6 Å². The number of hydrogen-bond acceptors (Lipinski definition) is 6. The van der Waals surface area contributed by atoms with Gasteiger partial charge in [-0.2, -0.15) is 4.68 Å². The SMILES string of the molecule is O=C(C[C@@H]1NC(=O)c2ccccc2NC1=O)NCc1nnnn1-c1ccccc1. The molecule has 2 heterocycles. The Hall–Kier alpha value is -4.08. The lowest BCUT2D eigenvalue weighted by Gasteiger charge is -2.14. The first-order valence-electron chi connectivity index (χ1n) is 8.92. The first-order valence-corrected chi connectivity index (χ1v) is 8.92. The number of hydrogen-bond donors (Lipinski definition) is 3. The number of rotatable bonds is 5. The Balaban J connectivity index is 1.39. The molecule has 0 unspecified atom stereocenters. The van der Waals surface area contributed by atoms with Gasteiger partial charge in [0, 0.05) is 0 Å². The Labute approximate surface area is 165 Å². The molecule has 0 radical (unpaired) electrons. The predicted octanol–water partition coefficient (Wildman–Crippen LogP) is 0.419. The van der Waals surface area contributed by atoms with Crippen molar-refractivity contribution in [3.63, 3.8) is 0 Å². The molecule has 1 atom stereocenters. The van der Waals surface area contributed by atoms with E-state index in [2.05, 4.69) is 31.5 Å². The summed E-state index contributed by atoms with van der Waals surface area (Å²) in [6.45, 7) is 0.0727. The van der Waals surface area contributed by atoms with Crippen molar-refractivity contribution in [2.45, 2.75) is 19.0 Å².